The number of thiophene rings is 1. The molecule has 3 nitrogen and oxygen atoms in total. The van der Waals surface area contributed by atoms with Crippen molar-refractivity contribution in [3.05, 3.63) is 52.7 Å². The van der Waals surface area contributed by atoms with E-state index >= 15 is 0 Å². The first-order valence-corrected chi connectivity index (χ1v) is 7.74. The second kappa shape index (κ2) is 6.20. The molecule has 0 saturated carbocycles. The van der Waals surface area contributed by atoms with Gasteiger partial charge in [0.25, 0.3) is 0 Å². The Hall–Kier alpha value is -1.65. The molecule has 20 heavy (non-hydrogen) atoms. The topological polar surface area (TPSA) is 29.5 Å². The van der Waals surface area contributed by atoms with E-state index in [0.717, 1.165) is 12.1 Å². The van der Waals surface area contributed by atoms with Gasteiger partial charge in [0.05, 0.1) is 19.1 Å². The fourth-order valence-electron chi connectivity index (χ4n) is 2.42. The first kappa shape index (κ1) is 13.3. The van der Waals surface area contributed by atoms with Crippen molar-refractivity contribution >= 4 is 22.9 Å². The molecule has 0 radical (unpaired) electrons. The summed E-state index contributed by atoms with van der Waals surface area (Å²) in [6.07, 6.45) is 0.825. The van der Waals surface area contributed by atoms with Crippen LogP contribution in [0, 0.1) is 5.92 Å². The third-order valence-corrected chi connectivity index (χ3v) is 4.27. The lowest BCUT2D eigenvalue weighted by Crippen LogP contribution is -2.36. The molecule has 1 aliphatic heterocycles. The van der Waals surface area contributed by atoms with Crippen molar-refractivity contribution in [2.24, 2.45) is 5.92 Å². The van der Waals surface area contributed by atoms with E-state index in [9.17, 15) is 4.79 Å². The molecule has 0 N–H and O–H groups in total. The third kappa shape index (κ3) is 2.92. The zero-order valence-corrected chi connectivity index (χ0v) is 12.0. The number of hydrogen-bond donors (Lipinski definition) is 0. The summed E-state index contributed by atoms with van der Waals surface area (Å²) in [6, 6.07) is 11.9. The van der Waals surface area contributed by atoms with Crippen molar-refractivity contribution in [3.63, 3.8) is 0 Å². The van der Waals surface area contributed by atoms with Crippen LogP contribution in [-0.4, -0.2) is 19.1 Å². The molecule has 1 fully saturated rings. The number of benzene rings is 1. The number of carbonyl (C=O) groups excluding carboxylic acids is 1. The normalized spacial score (nSPS) is 18.1. The van der Waals surface area contributed by atoms with Crippen LogP contribution < -0.4 is 4.90 Å². The van der Waals surface area contributed by atoms with Crippen LogP contribution >= 0.6 is 11.3 Å². The highest BCUT2D eigenvalue weighted by Crippen LogP contribution is 2.23. The maximum Gasteiger partial charge on any atom is 0.232 e. The molecule has 2 aromatic rings. The summed E-state index contributed by atoms with van der Waals surface area (Å²) in [5.41, 5.74) is 2.13. The lowest BCUT2D eigenvalue weighted by molar-refractivity contribution is -0.122. The largest absolute Gasteiger partial charge is 0.381 e. The van der Waals surface area contributed by atoms with Crippen LogP contribution in [0.15, 0.2) is 47.2 Å². The molecule has 0 aliphatic carbocycles. The molecule has 1 atom stereocenters. The average Bonchev–Trinajstić information content (AvgIpc) is 3.18. The molecule has 1 aromatic carbocycles. The molecular formula is C16H17NO2S. The number of rotatable bonds is 4. The third-order valence-electron chi connectivity index (χ3n) is 3.53. The number of ether oxygens (including phenoxy) is 1. The maximum atomic E-state index is 12.7. The highest BCUT2D eigenvalue weighted by molar-refractivity contribution is 7.07. The van der Waals surface area contributed by atoms with E-state index in [4.69, 9.17) is 4.74 Å². The number of amides is 1. The van der Waals surface area contributed by atoms with Crippen molar-refractivity contribution in [3.8, 4) is 0 Å². The lowest BCUT2D eigenvalue weighted by atomic mass is 10.1. The predicted molar refractivity (Wildman–Crippen MR) is 80.9 cm³/mol. The summed E-state index contributed by atoms with van der Waals surface area (Å²) in [6.45, 7) is 1.87. The van der Waals surface area contributed by atoms with Crippen molar-refractivity contribution < 1.29 is 9.53 Å². The second-order valence-corrected chi connectivity index (χ2v) is 5.73. The molecule has 0 spiro atoms. The molecule has 0 unspecified atom stereocenters. The summed E-state index contributed by atoms with van der Waals surface area (Å²) < 4.78 is 5.35. The van der Waals surface area contributed by atoms with Gasteiger partial charge in [-0.25, -0.2) is 0 Å². The number of nitrogens with zero attached hydrogens (tertiary/aromatic N) is 1. The zero-order chi connectivity index (χ0) is 13.8. The van der Waals surface area contributed by atoms with Gasteiger partial charge in [-0.3, -0.25) is 4.79 Å². The summed E-state index contributed by atoms with van der Waals surface area (Å²) >= 11 is 1.66. The highest BCUT2D eigenvalue weighted by atomic mass is 32.1. The molecular weight excluding hydrogens is 270 g/mol. The average molecular weight is 287 g/mol. The van der Waals surface area contributed by atoms with Gasteiger partial charge in [-0.15, -0.1) is 0 Å². The maximum absolute atomic E-state index is 12.7. The quantitative estimate of drug-likeness (QED) is 0.863. The minimum Gasteiger partial charge on any atom is -0.381 e. The fourth-order valence-corrected chi connectivity index (χ4v) is 3.08. The van der Waals surface area contributed by atoms with Crippen LogP contribution in [0.5, 0.6) is 0 Å². The van der Waals surface area contributed by atoms with E-state index in [1.807, 2.05) is 40.6 Å². The van der Waals surface area contributed by atoms with Gasteiger partial charge < -0.3 is 9.64 Å². The minimum atomic E-state index is -0.00570. The summed E-state index contributed by atoms with van der Waals surface area (Å²) in [5.74, 6) is 0.161. The Morgan fingerprint density at radius 2 is 2.15 bits per heavy atom. The molecule has 1 amide bonds. The minimum absolute atomic E-state index is 0.00570. The summed E-state index contributed by atoms with van der Waals surface area (Å²) in [5, 5.41) is 4.13. The van der Waals surface area contributed by atoms with Gasteiger partial charge in [0, 0.05) is 12.3 Å². The summed E-state index contributed by atoms with van der Waals surface area (Å²) in [7, 11) is 0. The Bertz CT molecular complexity index is 547. The number of carbonyl (C=O) groups is 1. The second-order valence-electron chi connectivity index (χ2n) is 4.95. The van der Waals surface area contributed by atoms with Crippen LogP contribution in [0.2, 0.25) is 0 Å². The highest BCUT2D eigenvalue weighted by Gasteiger charge is 2.28. The smallest absolute Gasteiger partial charge is 0.232 e. The monoisotopic (exact) mass is 287 g/mol. The molecule has 3 rings (SSSR count). The van der Waals surface area contributed by atoms with Crippen molar-refractivity contribution in [1.82, 2.24) is 0 Å². The van der Waals surface area contributed by atoms with Gasteiger partial charge in [-0.1, -0.05) is 18.2 Å². The standard InChI is InChI=1S/C16H17NO2S/c18-16(14-6-8-19-11-14)17(10-13-7-9-20-12-13)15-4-2-1-3-5-15/h1-5,7,9,12,14H,6,8,10-11H2/t14-/m0/s1. The fraction of sp³-hybridized carbons (Fsp3) is 0.312. The van der Waals surface area contributed by atoms with E-state index < -0.39 is 0 Å². The SMILES string of the molecule is O=C([C@H]1CCOC1)N(Cc1ccsc1)c1ccccc1. The predicted octanol–water partition coefficient (Wildman–Crippen LogP) is 3.32. The molecule has 1 aromatic heterocycles. The molecule has 0 bridgehead atoms. The van der Waals surface area contributed by atoms with Gasteiger partial charge in [0.15, 0.2) is 0 Å². The van der Waals surface area contributed by atoms with E-state index in [1.54, 1.807) is 11.3 Å². The van der Waals surface area contributed by atoms with Gasteiger partial charge in [0.2, 0.25) is 5.91 Å². The Morgan fingerprint density at radius 3 is 2.80 bits per heavy atom. The molecule has 1 aliphatic rings. The Balaban J connectivity index is 1.84. The molecule has 1 saturated heterocycles. The van der Waals surface area contributed by atoms with Crippen LogP contribution in [0.1, 0.15) is 12.0 Å². The number of anilines is 1. The van der Waals surface area contributed by atoms with Crippen LogP contribution in [0.4, 0.5) is 5.69 Å². The molecule has 4 heteroatoms. The van der Waals surface area contributed by atoms with Gasteiger partial charge >= 0.3 is 0 Å². The number of hydrogen-bond acceptors (Lipinski definition) is 3. The summed E-state index contributed by atoms with van der Waals surface area (Å²) in [4.78, 5) is 14.6. The van der Waals surface area contributed by atoms with Crippen LogP contribution in [0.3, 0.4) is 0 Å². The van der Waals surface area contributed by atoms with Crippen LogP contribution in [-0.2, 0) is 16.1 Å². The Labute approximate surface area is 122 Å². The first-order chi connectivity index (χ1) is 9.84. The lowest BCUT2D eigenvalue weighted by Gasteiger charge is -2.25. The van der Waals surface area contributed by atoms with Crippen molar-refractivity contribution in [2.75, 3.05) is 18.1 Å². The Kier molecular flexibility index (Phi) is 4.14. The van der Waals surface area contributed by atoms with Gasteiger partial charge in [-0.05, 0) is 40.9 Å². The number of para-hydroxylation sites is 1. The van der Waals surface area contributed by atoms with E-state index in [-0.39, 0.29) is 11.8 Å². The van der Waals surface area contributed by atoms with E-state index in [0.29, 0.717) is 19.8 Å². The van der Waals surface area contributed by atoms with E-state index in [2.05, 4.69) is 11.4 Å². The molecule has 104 valence electrons. The van der Waals surface area contributed by atoms with Crippen LogP contribution in [0.25, 0.3) is 0 Å². The van der Waals surface area contributed by atoms with Gasteiger partial charge in [-0.2, -0.15) is 11.3 Å². The van der Waals surface area contributed by atoms with Crippen molar-refractivity contribution in [2.45, 2.75) is 13.0 Å². The molecule has 2 heterocycles. The Morgan fingerprint density at radius 1 is 1.30 bits per heavy atom. The van der Waals surface area contributed by atoms with E-state index in [1.165, 1.54) is 5.56 Å². The first-order valence-electron chi connectivity index (χ1n) is 6.80. The van der Waals surface area contributed by atoms with Gasteiger partial charge in [0.1, 0.15) is 0 Å². The zero-order valence-electron chi connectivity index (χ0n) is 11.2. The van der Waals surface area contributed by atoms with Crippen molar-refractivity contribution in [1.29, 1.82) is 0 Å².